The molecule has 0 heterocycles. The first-order valence-electron chi connectivity index (χ1n) is 15.7. The molecule has 0 saturated heterocycles. The Hall–Kier alpha value is 0.862. The molecule has 4 aliphatic carbocycles. The van der Waals surface area contributed by atoms with E-state index in [-0.39, 0.29) is 20.4 Å². The van der Waals surface area contributed by atoms with Gasteiger partial charge in [-0.2, -0.15) is 0 Å². The summed E-state index contributed by atoms with van der Waals surface area (Å²) in [4.78, 5) is 0. The smallest absolute Gasteiger partial charge is 0.134 e. The molecule has 0 amide bonds. The maximum atomic E-state index is 15.7. The van der Waals surface area contributed by atoms with Gasteiger partial charge in [-0.15, -0.1) is 18.5 Å². The quantitative estimate of drug-likeness (QED) is 0.140. The standard InChI is InChI=1S/2C16H28FP.Pd/c2*17-16(12-7-13-18,14-8-3-1-4-9-14)15-10-5-2-6-11-15;/h2*7,12,14-15H,1-6,8-11,13,18H2;. The zero-order valence-corrected chi connectivity index (χ0v) is 27.3. The van der Waals surface area contributed by atoms with Crippen LogP contribution in [0.1, 0.15) is 128 Å². The van der Waals surface area contributed by atoms with Gasteiger partial charge in [0.05, 0.1) is 0 Å². The molecule has 4 fully saturated rings. The first-order valence-corrected chi connectivity index (χ1v) is 17.3. The van der Waals surface area contributed by atoms with Crippen molar-refractivity contribution in [3.63, 3.8) is 0 Å². The molecule has 0 radical (unpaired) electrons. The van der Waals surface area contributed by atoms with E-state index >= 15 is 8.78 Å². The fourth-order valence-electron chi connectivity index (χ4n) is 7.89. The Labute approximate surface area is 246 Å². The van der Waals surface area contributed by atoms with E-state index in [1.165, 1.54) is 77.0 Å². The Morgan fingerprint density at radius 1 is 0.459 bits per heavy atom. The average molecular weight is 647 g/mol. The van der Waals surface area contributed by atoms with Crippen molar-refractivity contribution in [2.75, 3.05) is 12.3 Å². The van der Waals surface area contributed by atoms with E-state index in [1.54, 1.807) is 0 Å². The van der Waals surface area contributed by atoms with Gasteiger partial charge in [0.25, 0.3) is 0 Å². The van der Waals surface area contributed by atoms with Crippen LogP contribution in [-0.2, 0) is 20.4 Å². The summed E-state index contributed by atoms with van der Waals surface area (Å²) in [5, 5.41) is 0. The first-order chi connectivity index (χ1) is 17.5. The third-order valence-corrected chi connectivity index (χ3v) is 10.5. The first kappa shape index (κ1) is 34.1. The number of rotatable bonds is 8. The van der Waals surface area contributed by atoms with Gasteiger partial charge in [0.1, 0.15) is 11.3 Å². The summed E-state index contributed by atoms with van der Waals surface area (Å²) in [5.74, 6) is 1.17. The molecule has 0 spiro atoms. The molecule has 4 aliphatic rings. The van der Waals surface area contributed by atoms with Crippen LogP contribution < -0.4 is 0 Å². The third kappa shape index (κ3) is 10.0. The molecule has 0 bridgehead atoms. The van der Waals surface area contributed by atoms with E-state index in [1.807, 2.05) is 24.3 Å². The van der Waals surface area contributed by atoms with Crippen LogP contribution in [0.5, 0.6) is 0 Å². The van der Waals surface area contributed by atoms with Gasteiger partial charge in [0.2, 0.25) is 0 Å². The Morgan fingerprint density at radius 3 is 0.865 bits per heavy atom. The van der Waals surface area contributed by atoms with Crippen molar-refractivity contribution in [2.24, 2.45) is 23.7 Å². The zero-order chi connectivity index (χ0) is 25.7. The molecule has 0 aliphatic heterocycles. The predicted molar refractivity (Wildman–Crippen MR) is 161 cm³/mol. The zero-order valence-electron chi connectivity index (χ0n) is 23.4. The van der Waals surface area contributed by atoms with E-state index in [4.69, 9.17) is 0 Å². The maximum absolute atomic E-state index is 15.7. The van der Waals surface area contributed by atoms with E-state index in [0.717, 1.165) is 63.7 Å². The summed E-state index contributed by atoms with van der Waals surface area (Å²) < 4.78 is 31.3. The van der Waals surface area contributed by atoms with Crippen LogP contribution in [0.4, 0.5) is 8.78 Å². The van der Waals surface area contributed by atoms with E-state index in [2.05, 4.69) is 18.5 Å². The molecule has 218 valence electrons. The van der Waals surface area contributed by atoms with Gasteiger partial charge in [-0.05, 0) is 87.4 Å². The minimum atomic E-state index is -1.00. The summed E-state index contributed by atoms with van der Waals surface area (Å²) in [6.07, 6.45) is 33.7. The molecular weight excluding hydrogens is 591 g/mol. The summed E-state index contributed by atoms with van der Waals surface area (Å²) >= 11 is 0. The van der Waals surface area contributed by atoms with Crippen LogP contribution in [0.25, 0.3) is 0 Å². The van der Waals surface area contributed by atoms with Crippen LogP contribution >= 0.6 is 18.5 Å². The maximum Gasteiger partial charge on any atom is 0.134 e. The normalized spacial score (nSPS) is 24.1. The largest absolute Gasteiger partial charge is 0.239 e. The van der Waals surface area contributed by atoms with Gasteiger partial charge in [0.15, 0.2) is 0 Å². The molecule has 4 saturated carbocycles. The van der Waals surface area contributed by atoms with Gasteiger partial charge >= 0.3 is 0 Å². The van der Waals surface area contributed by atoms with Gasteiger partial charge in [-0.1, -0.05) is 101 Å². The fraction of sp³-hybridized carbons (Fsp3) is 0.875. The molecule has 0 aromatic carbocycles. The molecule has 2 unspecified atom stereocenters. The second kappa shape index (κ2) is 18.3. The van der Waals surface area contributed by atoms with Gasteiger partial charge < -0.3 is 0 Å². The van der Waals surface area contributed by atoms with Gasteiger partial charge in [-0.3, -0.25) is 0 Å². The SMILES string of the molecule is FC(C=CCP)(C1CCCCC1)C1CCCCC1.FC(C=CCP)(C1CCCCC1)C1CCCCC1.[Pd]. The molecule has 5 heteroatoms. The summed E-state index contributed by atoms with van der Waals surface area (Å²) in [5.41, 5.74) is -2.01. The minimum absolute atomic E-state index is 0. The molecule has 2 atom stereocenters. The Balaban J connectivity index is 0.000000253. The minimum Gasteiger partial charge on any atom is -0.239 e. The molecule has 0 nitrogen and oxygen atoms in total. The number of alkyl halides is 2. The second-order valence-corrected chi connectivity index (χ2v) is 13.2. The summed E-state index contributed by atoms with van der Waals surface area (Å²) in [6.45, 7) is 0. The Kier molecular flexibility index (Phi) is 16.9. The Morgan fingerprint density at radius 2 is 0.676 bits per heavy atom. The molecule has 0 N–H and O–H groups in total. The monoisotopic (exact) mass is 646 g/mol. The van der Waals surface area contributed by atoms with Crippen molar-refractivity contribution >= 4 is 18.5 Å². The number of hydrogen-bond donors (Lipinski definition) is 0. The van der Waals surface area contributed by atoms with Crippen molar-refractivity contribution < 1.29 is 29.2 Å². The van der Waals surface area contributed by atoms with Crippen molar-refractivity contribution in [3.8, 4) is 0 Å². The molecule has 0 aromatic heterocycles. The van der Waals surface area contributed by atoms with Gasteiger partial charge in [0, 0.05) is 20.4 Å². The molecule has 0 aromatic rings. The topological polar surface area (TPSA) is 0 Å². The van der Waals surface area contributed by atoms with Crippen molar-refractivity contribution in [1.29, 1.82) is 0 Å². The van der Waals surface area contributed by atoms with E-state index in [0.29, 0.717) is 23.7 Å². The predicted octanol–water partition coefficient (Wildman–Crippen LogP) is 10.6. The van der Waals surface area contributed by atoms with Crippen LogP contribution in [0.15, 0.2) is 24.3 Å². The third-order valence-electron chi connectivity index (χ3n) is 9.94. The number of halogens is 2. The van der Waals surface area contributed by atoms with Crippen LogP contribution in [0.2, 0.25) is 0 Å². The fourth-order valence-corrected chi connectivity index (χ4v) is 8.16. The van der Waals surface area contributed by atoms with Crippen molar-refractivity contribution in [2.45, 2.75) is 140 Å². The number of allylic oxidation sites excluding steroid dienone is 4. The van der Waals surface area contributed by atoms with Crippen LogP contribution in [-0.4, -0.2) is 23.7 Å². The molecule has 37 heavy (non-hydrogen) atoms. The van der Waals surface area contributed by atoms with Crippen LogP contribution in [0.3, 0.4) is 0 Å². The van der Waals surface area contributed by atoms with Crippen LogP contribution in [0, 0.1) is 23.7 Å². The van der Waals surface area contributed by atoms with E-state index < -0.39 is 11.3 Å². The average Bonchev–Trinajstić information content (AvgIpc) is 2.97. The summed E-state index contributed by atoms with van der Waals surface area (Å²) in [7, 11) is 5.36. The van der Waals surface area contributed by atoms with E-state index in [9.17, 15) is 0 Å². The molecular formula is C32H56F2P2Pd. The Bertz CT molecular complexity index is 551. The summed E-state index contributed by atoms with van der Waals surface area (Å²) in [6, 6.07) is 0. The second-order valence-electron chi connectivity index (χ2n) is 12.3. The van der Waals surface area contributed by atoms with Gasteiger partial charge in [-0.25, -0.2) is 8.78 Å². The van der Waals surface area contributed by atoms with Crippen molar-refractivity contribution in [1.82, 2.24) is 0 Å². The number of hydrogen-bond acceptors (Lipinski definition) is 0. The van der Waals surface area contributed by atoms with Crippen molar-refractivity contribution in [3.05, 3.63) is 24.3 Å². The molecule has 4 rings (SSSR count).